The van der Waals surface area contributed by atoms with Gasteiger partial charge in [0.15, 0.2) is 0 Å². The SMILES string of the molecule is CC1CN(C(=O)N(C)C(C)CC#N)CC1C(=O)O. The van der Waals surface area contributed by atoms with Gasteiger partial charge in [-0.05, 0) is 12.8 Å². The molecule has 18 heavy (non-hydrogen) atoms. The van der Waals surface area contributed by atoms with Crippen molar-refractivity contribution in [2.75, 3.05) is 20.1 Å². The summed E-state index contributed by atoms with van der Waals surface area (Å²) in [6, 6.07) is 1.66. The minimum Gasteiger partial charge on any atom is -0.481 e. The smallest absolute Gasteiger partial charge is 0.320 e. The lowest BCUT2D eigenvalue weighted by Crippen LogP contribution is -2.44. The normalized spacial score (nSPS) is 24.4. The van der Waals surface area contributed by atoms with Gasteiger partial charge in [0.25, 0.3) is 0 Å². The molecule has 0 aromatic carbocycles. The van der Waals surface area contributed by atoms with Crippen molar-refractivity contribution in [2.45, 2.75) is 26.3 Å². The van der Waals surface area contributed by atoms with Crippen LogP contribution in [0.5, 0.6) is 0 Å². The highest BCUT2D eigenvalue weighted by Crippen LogP contribution is 2.24. The number of carboxylic acids is 1. The summed E-state index contributed by atoms with van der Waals surface area (Å²) in [7, 11) is 1.64. The summed E-state index contributed by atoms with van der Waals surface area (Å²) in [5, 5.41) is 17.6. The van der Waals surface area contributed by atoms with Crippen molar-refractivity contribution in [3.63, 3.8) is 0 Å². The molecule has 6 heteroatoms. The Morgan fingerprint density at radius 3 is 2.61 bits per heavy atom. The highest BCUT2D eigenvalue weighted by Gasteiger charge is 2.38. The molecule has 3 atom stereocenters. The Morgan fingerprint density at radius 2 is 2.17 bits per heavy atom. The van der Waals surface area contributed by atoms with Gasteiger partial charge in [-0.25, -0.2) is 4.79 Å². The Kier molecular flexibility index (Phi) is 4.54. The van der Waals surface area contributed by atoms with E-state index in [-0.39, 0.29) is 31.0 Å². The summed E-state index contributed by atoms with van der Waals surface area (Å²) >= 11 is 0. The van der Waals surface area contributed by atoms with Crippen LogP contribution >= 0.6 is 0 Å². The van der Waals surface area contributed by atoms with E-state index in [9.17, 15) is 9.59 Å². The Morgan fingerprint density at radius 1 is 1.56 bits per heavy atom. The van der Waals surface area contributed by atoms with Crippen LogP contribution in [0.15, 0.2) is 0 Å². The van der Waals surface area contributed by atoms with E-state index in [1.807, 2.05) is 13.0 Å². The summed E-state index contributed by atoms with van der Waals surface area (Å²) < 4.78 is 0. The Balaban J connectivity index is 2.64. The van der Waals surface area contributed by atoms with Gasteiger partial charge in [-0.1, -0.05) is 6.92 Å². The maximum atomic E-state index is 12.1. The zero-order valence-corrected chi connectivity index (χ0v) is 11.0. The fraction of sp³-hybridized carbons (Fsp3) is 0.750. The molecule has 0 bridgehead atoms. The minimum atomic E-state index is -0.856. The van der Waals surface area contributed by atoms with Crippen LogP contribution in [-0.2, 0) is 4.79 Å². The predicted molar refractivity (Wildman–Crippen MR) is 64.7 cm³/mol. The zero-order chi connectivity index (χ0) is 13.9. The molecule has 1 N–H and O–H groups in total. The molecule has 1 rings (SSSR count). The van der Waals surface area contributed by atoms with Crippen LogP contribution in [0.2, 0.25) is 0 Å². The Bertz CT molecular complexity index is 377. The van der Waals surface area contributed by atoms with E-state index in [0.717, 1.165) is 0 Å². The summed E-state index contributed by atoms with van der Waals surface area (Å²) in [6.07, 6.45) is 0.272. The molecular formula is C12H19N3O3. The molecule has 1 heterocycles. The maximum absolute atomic E-state index is 12.1. The maximum Gasteiger partial charge on any atom is 0.320 e. The minimum absolute atomic E-state index is 0.0360. The topological polar surface area (TPSA) is 84.6 Å². The molecule has 0 aromatic heterocycles. The van der Waals surface area contributed by atoms with Crippen molar-refractivity contribution in [2.24, 2.45) is 11.8 Å². The van der Waals surface area contributed by atoms with E-state index in [1.54, 1.807) is 18.9 Å². The number of urea groups is 1. The Hall–Kier alpha value is -1.77. The first-order valence-corrected chi connectivity index (χ1v) is 6.00. The van der Waals surface area contributed by atoms with Gasteiger partial charge in [0.2, 0.25) is 0 Å². The van der Waals surface area contributed by atoms with E-state index in [0.29, 0.717) is 6.54 Å². The molecule has 0 aliphatic carbocycles. The summed E-state index contributed by atoms with van der Waals surface area (Å²) in [5.74, 6) is -1.38. The van der Waals surface area contributed by atoms with Crippen molar-refractivity contribution in [3.05, 3.63) is 0 Å². The highest BCUT2D eigenvalue weighted by atomic mass is 16.4. The molecule has 1 aliphatic rings. The van der Waals surface area contributed by atoms with Crippen molar-refractivity contribution in [3.8, 4) is 6.07 Å². The van der Waals surface area contributed by atoms with Crippen LogP contribution in [0.4, 0.5) is 4.79 Å². The number of nitrogens with zero attached hydrogens (tertiary/aromatic N) is 3. The van der Waals surface area contributed by atoms with E-state index in [1.165, 1.54) is 4.90 Å². The summed E-state index contributed by atoms with van der Waals surface area (Å²) in [4.78, 5) is 26.2. The van der Waals surface area contributed by atoms with Crippen molar-refractivity contribution in [1.29, 1.82) is 5.26 Å². The van der Waals surface area contributed by atoms with Gasteiger partial charge in [0.1, 0.15) is 0 Å². The van der Waals surface area contributed by atoms with Crippen LogP contribution in [-0.4, -0.2) is 53.1 Å². The van der Waals surface area contributed by atoms with Crippen LogP contribution in [0.25, 0.3) is 0 Å². The number of rotatable bonds is 3. The third-order valence-corrected chi connectivity index (χ3v) is 3.55. The van der Waals surface area contributed by atoms with Crippen molar-refractivity contribution in [1.82, 2.24) is 9.80 Å². The molecule has 0 aromatic rings. The molecule has 3 unspecified atom stereocenters. The molecule has 6 nitrogen and oxygen atoms in total. The number of carbonyl (C=O) groups excluding carboxylic acids is 1. The number of amides is 2. The lowest BCUT2D eigenvalue weighted by atomic mass is 9.99. The van der Waals surface area contributed by atoms with Crippen molar-refractivity contribution < 1.29 is 14.7 Å². The highest BCUT2D eigenvalue weighted by molar-refractivity contribution is 5.77. The molecule has 1 aliphatic heterocycles. The first-order valence-electron chi connectivity index (χ1n) is 6.00. The number of likely N-dealkylation sites (tertiary alicyclic amines) is 1. The van der Waals surface area contributed by atoms with Gasteiger partial charge in [-0.15, -0.1) is 0 Å². The van der Waals surface area contributed by atoms with Crippen LogP contribution in [0, 0.1) is 23.2 Å². The third kappa shape index (κ3) is 2.92. The molecule has 100 valence electrons. The average Bonchev–Trinajstić information content (AvgIpc) is 2.69. The molecule has 0 radical (unpaired) electrons. The number of nitriles is 1. The number of aliphatic carboxylic acids is 1. The quantitative estimate of drug-likeness (QED) is 0.813. The van der Waals surface area contributed by atoms with E-state index >= 15 is 0 Å². The molecule has 1 saturated heterocycles. The fourth-order valence-corrected chi connectivity index (χ4v) is 2.13. The van der Waals surface area contributed by atoms with Gasteiger partial charge in [-0.2, -0.15) is 5.26 Å². The molecular weight excluding hydrogens is 234 g/mol. The fourth-order valence-electron chi connectivity index (χ4n) is 2.13. The molecule has 2 amide bonds. The van der Waals surface area contributed by atoms with E-state index < -0.39 is 11.9 Å². The second kappa shape index (κ2) is 5.71. The van der Waals surface area contributed by atoms with Gasteiger partial charge in [-0.3, -0.25) is 4.79 Å². The van der Waals surface area contributed by atoms with Gasteiger partial charge < -0.3 is 14.9 Å². The Labute approximate surface area is 107 Å². The third-order valence-electron chi connectivity index (χ3n) is 3.55. The predicted octanol–water partition coefficient (Wildman–Crippen LogP) is 0.993. The van der Waals surface area contributed by atoms with Crippen LogP contribution in [0.3, 0.4) is 0 Å². The first kappa shape index (κ1) is 14.3. The second-order valence-corrected chi connectivity index (χ2v) is 4.93. The largest absolute Gasteiger partial charge is 0.481 e. The van der Waals surface area contributed by atoms with Gasteiger partial charge >= 0.3 is 12.0 Å². The average molecular weight is 253 g/mol. The zero-order valence-electron chi connectivity index (χ0n) is 11.0. The van der Waals surface area contributed by atoms with Crippen LogP contribution in [0.1, 0.15) is 20.3 Å². The number of hydrogen-bond donors (Lipinski definition) is 1. The first-order chi connectivity index (χ1) is 8.38. The van der Waals surface area contributed by atoms with Gasteiger partial charge in [0.05, 0.1) is 18.4 Å². The number of carbonyl (C=O) groups is 2. The molecule has 0 spiro atoms. The summed E-state index contributed by atoms with van der Waals surface area (Å²) in [6.45, 7) is 4.35. The standard InChI is InChI=1S/C12H19N3O3/c1-8-6-15(7-10(8)11(16)17)12(18)14(3)9(2)4-5-13/h8-10H,4,6-7H2,1-3H3,(H,16,17). The second-order valence-electron chi connectivity index (χ2n) is 4.93. The number of carboxylic acid groups (broad SMARTS) is 1. The van der Waals surface area contributed by atoms with Crippen molar-refractivity contribution >= 4 is 12.0 Å². The number of hydrogen-bond acceptors (Lipinski definition) is 3. The summed E-state index contributed by atoms with van der Waals surface area (Å²) in [5.41, 5.74) is 0. The molecule has 0 saturated carbocycles. The van der Waals surface area contributed by atoms with E-state index in [4.69, 9.17) is 10.4 Å². The monoisotopic (exact) mass is 253 g/mol. The lowest BCUT2D eigenvalue weighted by Gasteiger charge is -2.28. The van der Waals surface area contributed by atoms with Crippen LogP contribution < -0.4 is 0 Å². The van der Waals surface area contributed by atoms with E-state index in [2.05, 4.69) is 0 Å². The van der Waals surface area contributed by atoms with Gasteiger partial charge in [0, 0.05) is 26.2 Å². The lowest BCUT2D eigenvalue weighted by molar-refractivity contribution is -0.142. The molecule has 1 fully saturated rings.